The Morgan fingerprint density at radius 1 is 1.50 bits per heavy atom. The Kier molecular flexibility index (Phi) is 3.36. The molecule has 0 radical (unpaired) electrons. The fraction of sp³-hybridized carbons (Fsp3) is 0.250. The van der Waals surface area contributed by atoms with Gasteiger partial charge in [0.25, 0.3) is 11.7 Å². The van der Waals surface area contributed by atoms with Crippen molar-refractivity contribution in [3.8, 4) is 11.5 Å². The van der Waals surface area contributed by atoms with Gasteiger partial charge in [0.1, 0.15) is 5.82 Å². The van der Waals surface area contributed by atoms with E-state index >= 15 is 0 Å². The van der Waals surface area contributed by atoms with Gasteiger partial charge in [-0.1, -0.05) is 0 Å². The summed E-state index contributed by atoms with van der Waals surface area (Å²) < 4.78 is 22.7. The highest BCUT2D eigenvalue weighted by Crippen LogP contribution is 2.22. The fourth-order valence-corrected chi connectivity index (χ4v) is 1.48. The predicted molar refractivity (Wildman–Crippen MR) is 60.4 cm³/mol. The van der Waals surface area contributed by atoms with Crippen molar-refractivity contribution in [1.82, 2.24) is 10.1 Å². The van der Waals surface area contributed by atoms with Crippen molar-refractivity contribution in [3.63, 3.8) is 0 Å². The number of benzene rings is 1. The molecule has 0 unspecified atom stereocenters. The lowest BCUT2D eigenvalue weighted by Crippen LogP contribution is -2.06. The second kappa shape index (κ2) is 4.95. The normalized spacial score (nSPS) is 10.4. The highest BCUT2D eigenvalue weighted by Gasteiger charge is 2.17. The van der Waals surface area contributed by atoms with Gasteiger partial charge >= 0.3 is 5.97 Å². The minimum Gasteiger partial charge on any atom is -0.460 e. The molecule has 1 aromatic carbocycles. The highest BCUT2D eigenvalue weighted by atomic mass is 19.1. The first-order valence-corrected chi connectivity index (χ1v) is 5.39. The average Bonchev–Trinajstić information content (AvgIpc) is 2.78. The zero-order valence-corrected chi connectivity index (χ0v) is 9.94. The van der Waals surface area contributed by atoms with Crippen LogP contribution in [0.25, 0.3) is 11.5 Å². The van der Waals surface area contributed by atoms with E-state index in [-0.39, 0.29) is 24.1 Å². The topological polar surface area (TPSA) is 65.2 Å². The molecular weight excluding hydrogens is 239 g/mol. The van der Waals surface area contributed by atoms with Crippen LogP contribution in [0, 0.1) is 12.7 Å². The maximum absolute atomic E-state index is 13.0. The van der Waals surface area contributed by atoms with E-state index in [1.54, 1.807) is 13.8 Å². The van der Waals surface area contributed by atoms with Crippen LogP contribution in [-0.4, -0.2) is 22.7 Å². The number of esters is 1. The van der Waals surface area contributed by atoms with Crippen molar-refractivity contribution in [3.05, 3.63) is 35.4 Å². The van der Waals surface area contributed by atoms with Gasteiger partial charge in [-0.2, -0.15) is 4.98 Å². The lowest BCUT2D eigenvalue weighted by Gasteiger charge is -1.99. The summed E-state index contributed by atoms with van der Waals surface area (Å²) in [4.78, 5) is 15.3. The first kappa shape index (κ1) is 12.2. The molecule has 0 fully saturated rings. The summed E-state index contributed by atoms with van der Waals surface area (Å²) in [5.41, 5.74) is 1.23. The number of halogens is 1. The molecule has 0 saturated heterocycles. The van der Waals surface area contributed by atoms with E-state index in [0.717, 1.165) is 0 Å². The Morgan fingerprint density at radius 3 is 2.94 bits per heavy atom. The molecular formula is C12H11FN2O3. The van der Waals surface area contributed by atoms with Crippen LogP contribution in [0.2, 0.25) is 0 Å². The number of hydrogen-bond donors (Lipinski definition) is 0. The Labute approximate surface area is 103 Å². The van der Waals surface area contributed by atoms with Crippen LogP contribution >= 0.6 is 0 Å². The number of carbonyl (C=O) groups excluding carboxylic acids is 1. The van der Waals surface area contributed by atoms with Gasteiger partial charge in [-0.05, 0) is 42.8 Å². The molecule has 0 N–H and O–H groups in total. The van der Waals surface area contributed by atoms with E-state index < -0.39 is 5.97 Å². The number of aromatic nitrogens is 2. The van der Waals surface area contributed by atoms with Crippen molar-refractivity contribution >= 4 is 5.97 Å². The van der Waals surface area contributed by atoms with Gasteiger partial charge in [0, 0.05) is 5.56 Å². The minimum atomic E-state index is -0.646. The molecule has 1 heterocycles. The Morgan fingerprint density at radius 2 is 2.28 bits per heavy atom. The molecule has 0 aliphatic rings. The summed E-state index contributed by atoms with van der Waals surface area (Å²) >= 11 is 0. The van der Waals surface area contributed by atoms with E-state index in [1.807, 2.05) is 0 Å². The third kappa shape index (κ3) is 2.37. The predicted octanol–water partition coefficient (Wildman–Crippen LogP) is 2.36. The molecule has 5 nitrogen and oxygen atoms in total. The zero-order chi connectivity index (χ0) is 13.1. The largest absolute Gasteiger partial charge is 0.460 e. The molecule has 0 saturated carbocycles. The van der Waals surface area contributed by atoms with Gasteiger partial charge in [0.15, 0.2) is 0 Å². The number of carbonyl (C=O) groups is 1. The van der Waals surface area contributed by atoms with E-state index in [0.29, 0.717) is 11.1 Å². The summed E-state index contributed by atoms with van der Waals surface area (Å²) in [5, 5.41) is 3.52. The third-order valence-corrected chi connectivity index (χ3v) is 2.30. The van der Waals surface area contributed by atoms with Crippen LogP contribution in [0.3, 0.4) is 0 Å². The smallest absolute Gasteiger partial charge is 0.379 e. The number of rotatable bonds is 3. The van der Waals surface area contributed by atoms with Crippen LogP contribution in [0.15, 0.2) is 22.7 Å². The zero-order valence-electron chi connectivity index (χ0n) is 9.94. The molecule has 0 aliphatic heterocycles. The first-order valence-electron chi connectivity index (χ1n) is 5.39. The van der Waals surface area contributed by atoms with Crippen LogP contribution in [-0.2, 0) is 4.74 Å². The van der Waals surface area contributed by atoms with Gasteiger partial charge in [-0.25, -0.2) is 9.18 Å². The summed E-state index contributed by atoms with van der Waals surface area (Å²) in [7, 11) is 0. The number of ether oxygens (including phenoxy) is 1. The van der Waals surface area contributed by atoms with E-state index in [2.05, 4.69) is 10.1 Å². The van der Waals surface area contributed by atoms with Crippen LogP contribution in [0.5, 0.6) is 0 Å². The van der Waals surface area contributed by atoms with Crippen molar-refractivity contribution in [1.29, 1.82) is 0 Å². The summed E-state index contributed by atoms with van der Waals surface area (Å²) in [6.45, 7) is 3.63. The average molecular weight is 250 g/mol. The SMILES string of the molecule is CCOC(=O)c1noc(-c2ccc(F)cc2C)n1. The summed E-state index contributed by atoms with van der Waals surface area (Å²) in [5.74, 6) is -0.972. The van der Waals surface area contributed by atoms with Crippen LogP contribution in [0.1, 0.15) is 23.1 Å². The lowest BCUT2D eigenvalue weighted by atomic mass is 10.1. The molecule has 6 heteroatoms. The summed E-state index contributed by atoms with van der Waals surface area (Å²) in [6.07, 6.45) is 0. The first-order chi connectivity index (χ1) is 8.61. The molecule has 1 aromatic heterocycles. The maximum atomic E-state index is 13.0. The Hall–Kier alpha value is -2.24. The number of nitrogens with zero attached hydrogens (tertiary/aromatic N) is 2. The van der Waals surface area contributed by atoms with Crippen LogP contribution in [0.4, 0.5) is 4.39 Å². The molecule has 94 valence electrons. The van der Waals surface area contributed by atoms with E-state index in [9.17, 15) is 9.18 Å². The van der Waals surface area contributed by atoms with E-state index in [4.69, 9.17) is 9.26 Å². The Bertz CT molecular complexity index is 580. The monoisotopic (exact) mass is 250 g/mol. The van der Waals surface area contributed by atoms with Gasteiger partial charge in [-0.15, -0.1) is 0 Å². The van der Waals surface area contributed by atoms with Crippen molar-refractivity contribution in [2.45, 2.75) is 13.8 Å². The minimum absolute atomic E-state index is 0.143. The molecule has 2 aromatic rings. The van der Waals surface area contributed by atoms with Crippen molar-refractivity contribution < 1.29 is 18.4 Å². The summed E-state index contributed by atoms with van der Waals surface area (Å²) in [6, 6.07) is 4.16. The Balaban J connectivity index is 2.32. The molecule has 0 bridgehead atoms. The number of aryl methyl sites for hydroxylation is 1. The molecule has 0 amide bonds. The maximum Gasteiger partial charge on any atom is 0.379 e. The lowest BCUT2D eigenvalue weighted by molar-refractivity contribution is 0.0508. The van der Waals surface area contributed by atoms with E-state index in [1.165, 1.54) is 18.2 Å². The molecule has 2 rings (SSSR count). The molecule has 0 aliphatic carbocycles. The second-order valence-electron chi connectivity index (χ2n) is 3.60. The highest BCUT2D eigenvalue weighted by molar-refractivity contribution is 5.85. The van der Waals surface area contributed by atoms with Gasteiger partial charge in [-0.3, -0.25) is 0 Å². The van der Waals surface area contributed by atoms with Crippen molar-refractivity contribution in [2.75, 3.05) is 6.61 Å². The number of hydrogen-bond acceptors (Lipinski definition) is 5. The fourth-order valence-electron chi connectivity index (χ4n) is 1.48. The second-order valence-corrected chi connectivity index (χ2v) is 3.60. The van der Waals surface area contributed by atoms with Gasteiger partial charge in [0.05, 0.1) is 6.61 Å². The van der Waals surface area contributed by atoms with Gasteiger partial charge in [0.2, 0.25) is 0 Å². The van der Waals surface area contributed by atoms with Crippen LogP contribution < -0.4 is 0 Å². The molecule has 18 heavy (non-hydrogen) atoms. The molecule has 0 atom stereocenters. The third-order valence-electron chi connectivity index (χ3n) is 2.30. The van der Waals surface area contributed by atoms with Crippen molar-refractivity contribution in [2.24, 2.45) is 0 Å². The molecule has 0 spiro atoms. The van der Waals surface area contributed by atoms with Gasteiger partial charge < -0.3 is 9.26 Å². The standard InChI is InChI=1S/C12H11FN2O3/c1-3-17-12(16)10-14-11(18-15-10)9-5-4-8(13)6-7(9)2/h4-6H,3H2,1-2H3. The quantitative estimate of drug-likeness (QED) is 0.782.